The third kappa shape index (κ3) is 1.55. The van der Waals surface area contributed by atoms with Gasteiger partial charge in [0.1, 0.15) is 5.75 Å². The second-order valence-corrected chi connectivity index (χ2v) is 3.62. The Hall–Kier alpha value is 0.0400. The van der Waals surface area contributed by atoms with Crippen LogP contribution in [0.15, 0.2) is 12.1 Å². The molecule has 1 nitrogen and oxygen atoms in total. The second kappa shape index (κ2) is 2.96. The predicted octanol–water partition coefficient (Wildman–Crippen LogP) is 2.96. The maximum absolute atomic E-state index is 9.13. The molecule has 1 aromatic carbocycles. The molecule has 0 saturated heterocycles. The van der Waals surface area contributed by atoms with Crippen LogP contribution in [-0.2, 0) is 0 Å². The first-order valence-corrected chi connectivity index (χ1v) is 4.21. The third-order valence-corrected chi connectivity index (χ3v) is 2.50. The van der Waals surface area contributed by atoms with Crippen LogP contribution in [0.1, 0.15) is 5.56 Å². The van der Waals surface area contributed by atoms with Gasteiger partial charge in [-0.2, -0.15) is 0 Å². The van der Waals surface area contributed by atoms with Crippen molar-refractivity contribution >= 4 is 34.2 Å². The fourth-order valence-electron chi connectivity index (χ4n) is 0.636. The van der Waals surface area contributed by atoms with Crippen molar-refractivity contribution in [3.63, 3.8) is 0 Å². The van der Waals surface area contributed by atoms with E-state index in [1.54, 1.807) is 6.07 Å². The Bertz CT molecular complexity index is 210. The van der Waals surface area contributed by atoms with E-state index in [2.05, 4.69) is 22.6 Å². The lowest BCUT2D eigenvalue weighted by Gasteiger charge is -1.99. The molecule has 0 radical (unpaired) electrons. The molecule has 0 aliphatic rings. The van der Waals surface area contributed by atoms with Gasteiger partial charge in [-0.25, -0.2) is 0 Å². The van der Waals surface area contributed by atoms with E-state index in [1.807, 2.05) is 13.0 Å². The minimum atomic E-state index is 0.246. The fraction of sp³-hybridized carbons (Fsp3) is 0.143. The number of phenols is 1. The van der Waals surface area contributed by atoms with Crippen molar-refractivity contribution in [1.82, 2.24) is 0 Å². The van der Waals surface area contributed by atoms with Gasteiger partial charge in [0, 0.05) is 5.02 Å². The van der Waals surface area contributed by atoms with Crippen LogP contribution < -0.4 is 0 Å². The van der Waals surface area contributed by atoms with Crippen LogP contribution in [0, 0.1) is 10.5 Å². The molecule has 0 bridgehead atoms. The second-order valence-electron chi connectivity index (χ2n) is 2.05. The Morgan fingerprint density at radius 3 is 2.60 bits per heavy atom. The molecule has 0 unspecified atom stereocenters. The zero-order valence-corrected chi connectivity index (χ0v) is 8.27. The van der Waals surface area contributed by atoms with Crippen molar-refractivity contribution < 1.29 is 5.11 Å². The number of hydrogen-bond donors (Lipinski definition) is 1. The Morgan fingerprint density at radius 2 is 2.10 bits per heavy atom. The van der Waals surface area contributed by atoms with Crippen molar-refractivity contribution in [3.8, 4) is 5.75 Å². The normalized spacial score (nSPS) is 9.90. The van der Waals surface area contributed by atoms with Crippen molar-refractivity contribution in [2.24, 2.45) is 0 Å². The van der Waals surface area contributed by atoms with Crippen LogP contribution in [0.4, 0.5) is 0 Å². The summed E-state index contributed by atoms with van der Waals surface area (Å²) in [4.78, 5) is 0. The number of aryl methyl sites for hydroxylation is 1. The van der Waals surface area contributed by atoms with Gasteiger partial charge in [0.2, 0.25) is 0 Å². The standard InChI is InChI=1S/C7H6ClIO/c1-4-2-6(9)7(10)3-5(4)8/h2-3,10H,1H3. The summed E-state index contributed by atoms with van der Waals surface area (Å²) in [5.41, 5.74) is 0.990. The zero-order valence-electron chi connectivity index (χ0n) is 5.36. The van der Waals surface area contributed by atoms with Gasteiger partial charge < -0.3 is 5.11 Å². The summed E-state index contributed by atoms with van der Waals surface area (Å²) in [6, 6.07) is 3.40. The van der Waals surface area contributed by atoms with E-state index < -0.39 is 0 Å². The highest BCUT2D eigenvalue weighted by Gasteiger charge is 2.00. The molecule has 0 atom stereocenters. The fourth-order valence-corrected chi connectivity index (χ4v) is 1.42. The number of phenolic OH excluding ortho intramolecular Hbond substituents is 1. The van der Waals surface area contributed by atoms with Gasteiger partial charge in [-0.3, -0.25) is 0 Å². The van der Waals surface area contributed by atoms with E-state index in [9.17, 15) is 0 Å². The van der Waals surface area contributed by atoms with Crippen LogP contribution in [0.5, 0.6) is 5.75 Å². The first-order valence-electron chi connectivity index (χ1n) is 2.76. The quantitative estimate of drug-likeness (QED) is 0.717. The average molecular weight is 268 g/mol. The number of benzene rings is 1. The van der Waals surface area contributed by atoms with Gasteiger partial charge in [-0.1, -0.05) is 11.6 Å². The summed E-state index contributed by atoms with van der Waals surface area (Å²) < 4.78 is 0.833. The van der Waals surface area contributed by atoms with Crippen LogP contribution in [0.25, 0.3) is 0 Å². The lowest BCUT2D eigenvalue weighted by Crippen LogP contribution is -1.78. The van der Waals surface area contributed by atoms with Gasteiger partial charge in [0.15, 0.2) is 0 Å². The summed E-state index contributed by atoms with van der Waals surface area (Å²) in [7, 11) is 0. The Balaban J connectivity index is 3.28. The molecule has 0 heterocycles. The number of aromatic hydroxyl groups is 1. The maximum atomic E-state index is 9.13. The maximum Gasteiger partial charge on any atom is 0.130 e. The molecule has 0 saturated carbocycles. The molecule has 0 amide bonds. The zero-order chi connectivity index (χ0) is 7.72. The molecule has 0 aromatic heterocycles. The SMILES string of the molecule is Cc1cc(I)c(O)cc1Cl. The number of rotatable bonds is 0. The highest BCUT2D eigenvalue weighted by molar-refractivity contribution is 14.1. The highest BCUT2D eigenvalue weighted by Crippen LogP contribution is 2.26. The van der Waals surface area contributed by atoms with E-state index in [1.165, 1.54) is 0 Å². The van der Waals surface area contributed by atoms with Gasteiger partial charge in [-0.15, -0.1) is 0 Å². The minimum absolute atomic E-state index is 0.246. The summed E-state index contributed by atoms with van der Waals surface area (Å²) in [5, 5.41) is 9.74. The van der Waals surface area contributed by atoms with Gasteiger partial charge in [0.25, 0.3) is 0 Å². The van der Waals surface area contributed by atoms with E-state index in [4.69, 9.17) is 16.7 Å². The van der Waals surface area contributed by atoms with Crippen molar-refractivity contribution in [2.75, 3.05) is 0 Å². The first kappa shape index (κ1) is 8.14. The Labute approximate surface area is 78.2 Å². The lowest BCUT2D eigenvalue weighted by atomic mass is 10.2. The smallest absolute Gasteiger partial charge is 0.130 e. The van der Waals surface area contributed by atoms with E-state index in [0.717, 1.165) is 9.13 Å². The van der Waals surface area contributed by atoms with Gasteiger partial charge >= 0.3 is 0 Å². The van der Waals surface area contributed by atoms with Crippen LogP contribution in [0.2, 0.25) is 5.02 Å². The molecule has 0 fully saturated rings. The summed E-state index contributed by atoms with van der Waals surface area (Å²) in [5.74, 6) is 0.246. The predicted molar refractivity (Wildman–Crippen MR) is 50.6 cm³/mol. The van der Waals surface area contributed by atoms with Crippen molar-refractivity contribution in [1.29, 1.82) is 0 Å². The number of halogens is 2. The van der Waals surface area contributed by atoms with E-state index >= 15 is 0 Å². The summed E-state index contributed by atoms with van der Waals surface area (Å²) in [6.07, 6.45) is 0. The molecule has 1 aromatic rings. The van der Waals surface area contributed by atoms with Crippen LogP contribution in [0.3, 0.4) is 0 Å². The topological polar surface area (TPSA) is 20.2 Å². The number of hydrogen-bond acceptors (Lipinski definition) is 1. The molecule has 3 heteroatoms. The van der Waals surface area contributed by atoms with E-state index in [0.29, 0.717) is 5.02 Å². The third-order valence-electron chi connectivity index (χ3n) is 1.23. The molecule has 10 heavy (non-hydrogen) atoms. The molecule has 54 valence electrons. The Morgan fingerprint density at radius 1 is 1.50 bits per heavy atom. The van der Waals surface area contributed by atoms with Crippen LogP contribution in [-0.4, -0.2) is 5.11 Å². The first-order chi connectivity index (χ1) is 4.61. The lowest BCUT2D eigenvalue weighted by molar-refractivity contribution is 0.471. The largest absolute Gasteiger partial charge is 0.507 e. The van der Waals surface area contributed by atoms with Crippen LogP contribution >= 0.6 is 34.2 Å². The Kier molecular flexibility index (Phi) is 2.41. The highest BCUT2D eigenvalue weighted by atomic mass is 127. The molecular formula is C7H6ClIO. The molecule has 1 N–H and O–H groups in total. The van der Waals surface area contributed by atoms with E-state index in [-0.39, 0.29) is 5.75 Å². The molecule has 0 aliphatic heterocycles. The average Bonchev–Trinajstić information content (AvgIpc) is 1.84. The van der Waals surface area contributed by atoms with Gasteiger partial charge in [0.05, 0.1) is 3.57 Å². The molecule has 0 spiro atoms. The molecule has 0 aliphatic carbocycles. The minimum Gasteiger partial charge on any atom is -0.507 e. The summed E-state index contributed by atoms with van der Waals surface area (Å²) >= 11 is 7.78. The summed E-state index contributed by atoms with van der Waals surface area (Å²) in [6.45, 7) is 1.91. The molecule has 1 rings (SSSR count). The monoisotopic (exact) mass is 268 g/mol. The van der Waals surface area contributed by atoms with Crippen molar-refractivity contribution in [3.05, 3.63) is 26.3 Å². The molecular weight excluding hydrogens is 262 g/mol. The van der Waals surface area contributed by atoms with Crippen molar-refractivity contribution in [2.45, 2.75) is 6.92 Å². The van der Waals surface area contributed by atoms with Gasteiger partial charge in [-0.05, 0) is 47.2 Å².